The molecule has 0 radical (unpaired) electrons. The maximum atomic E-state index is 10.8. The van der Waals surface area contributed by atoms with Gasteiger partial charge >= 0.3 is 0 Å². The van der Waals surface area contributed by atoms with E-state index >= 15 is 0 Å². The van der Waals surface area contributed by atoms with Crippen molar-refractivity contribution >= 4 is 27.1 Å². The van der Waals surface area contributed by atoms with Crippen molar-refractivity contribution in [3.8, 4) is 6.07 Å². The minimum Gasteiger partial charge on any atom is -0.258 e. The lowest BCUT2D eigenvalue weighted by atomic mass is 10.1. The van der Waals surface area contributed by atoms with E-state index in [4.69, 9.17) is 5.26 Å². The van der Waals surface area contributed by atoms with Crippen molar-refractivity contribution in [2.75, 3.05) is 0 Å². The van der Waals surface area contributed by atoms with Gasteiger partial charge in [0.25, 0.3) is 5.69 Å². The number of nitro groups is 1. The lowest BCUT2D eigenvalue weighted by Crippen LogP contribution is -1.94. The molecule has 2 rings (SSSR count). The topological polar surface area (TPSA) is 66.9 Å². The van der Waals surface area contributed by atoms with Crippen LogP contribution in [0.2, 0.25) is 0 Å². The van der Waals surface area contributed by atoms with Gasteiger partial charge in [-0.25, -0.2) is 0 Å². The third-order valence-electron chi connectivity index (χ3n) is 2.17. The van der Waals surface area contributed by atoms with Crippen LogP contribution >= 0.6 is 11.3 Å². The van der Waals surface area contributed by atoms with Gasteiger partial charge in [0.05, 0.1) is 23.0 Å². The van der Waals surface area contributed by atoms with Crippen molar-refractivity contribution in [2.24, 2.45) is 0 Å². The van der Waals surface area contributed by atoms with E-state index in [-0.39, 0.29) is 12.1 Å². The Morgan fingerprint density at radius 2 is 2.27 bits per heavy atom. The van der Waals surface area contributed by atoms with Crippen LogP contribution in [0.25, 0.3) is 10.1 Å². The summed E-state index contributed by atoms with van der Waals surface area (Å²) in [5.74, 6) is 0. The molecule has 0 aliphatic rings. The molecule has 0 N–H and O–H groups in total. The number of nitro benzene ring substituents is 1. The molecule has 0 aliphatic heterocycles. The zero-order chi connectivity index (χ0) is 10.8. The Morgan fingerprint density at radius 3 is 2.93 bits per heavy atom. The third-order valence-corrected chi connectivity index (χ3v) is 3.06. The Bertz CT molecular complexity index is 568. The summed E-state index contributed by atoms with van der Waals surface area (Å²) in [5.41, 5.74) is 0.545. The molecule has 0 bridgehead atoms. The predicted octanol–water partition coefficient (Wildman–Crippen LogP) is 2.88. The second-order valence-corrected chi connectivity index (χ2v) is 3.94. The Hall–Kier alpha value is -1.93. The molecule has 0 amide bonds. The highest BCUT2D eigenvalue weighted by Gasteiger charge is 2.16. The fraction of sp³-hybridized carbons (Fsp3) is 0.100. The number of fused-ring (bicyclic) bond motifs is 1. The van der Waals surface area contributed by atoms with E-state index in [1.54, 1.807) is 6.07 Å². The first-order chi connectivity index (χ1) is 7.24. The standard InChI is InChI=1S/C10H6N2O2S/c11-5-3-7-8-4-6-15-10(8)2-1-9(7)12(13)14/h1-2,4,6H,3H2. The predicted molar refractivity (Wildman–Crippen MR) is 57.8 cm³/mol. The second-order valence-electron chi connectivity index (χ2n) is 2.99. The molecule has 0 saturated carbocycles. The molecular weight excluding hydrogens is 212 g/mol. The Morgan fingerprint density at radius 1 is 1.47 bits per heavy atom. The second kappa shape index (κ2) is 3.67. The normalized spacial score (nSPS) is 10.1. The molecule has 2 aromatic rings. The fourth-order valence-corrected chi connectivity index (χ4v) is 2.34. The molecule has 0 aliphatic carbocycles. The van der Waals surface area contributed by atoms with Gasteiger partial charge in [-0.3, -0.25) is 10.1 Å². The van der Waals surface area contributed by atoms with Crippen LogP contribution in [-0.4, -0.2) is 4.92 Å². The highest BCUT2D eigenvalue weighted by atomic mass is 32.1. The first-order valence-electron chi connectivity index (χ1n) is 4.24. The number of nitriles is 1. The fourth-order valence-electron chi connectivity index (χ4n) is 1.53. The average Bonchev–Trinajstić information content (AvgIpc) is 2.66. The molecule has 0 fully saturated rings. The van der Waals surface area contributed by atoms with Gasteiger partial charge in [0, 0.05) is 16.2 Å². The number of rotatable bonds is 2. The summed E-state index contributed by atoms with van der Waals surface area (Å²) in [6.45, 7) is 0. The molecule has 1 aromatic heterocycles. The van der Waals surface area contributed by atoms with Gasteiger partial charge in [0.2, 0.25) is 0 Å². The quantitative estimate of drug-likeness (QED) is 0.575. The van der Waals surface area contributed by atoms with E-state index in [9.17, 15) is 10.1 Å². The molecule has 4 nitrogen and oxygen atoms in total. The van der Waals surface area contributed by atoms with Crippen molar-refractivity contribution in [3.05, 3.63) is 39.3 Å². The maximum Gasteiger partial charge on any atom is 0.274 e. The number of thiophene rings is 1. The van der Waals surface area contributed by atoms with E-state index in [1.807, 2.05) is 17.5 Å². The first-order valence-corrected chi connectivity index (χ1v) is 5.12. The van der Waals surface area contributed by atoms with Crippen molar-refractivity contribution < 1.29 is 4.92 Å². The van der Waals surface area contributed by atoms with Crippen LogP contribution in [0, 0.1) is 21.4 Å². The monoisotopic (exact) mass is 218 g/mol. The molecule has 0 unspecified atom stereocenters. The zero-order valence-electron chi connectivity index (χ0n) is 7.64. The summed E-state index contributed by atoms with van der Waals surface area (Å²) in [5, 5.41) is 22.1. The zero-order valence-corrected chi connectivity index (χ0v) is 8.45. The van der Waals surface area contributed by atoms with E-state index in [0.717, 1.165) is 10.1 Å². The largest absolute Gasteiger partial charge is 0.274 e. The van der Waals surface area contributed by atoms with Crippen molar-refractivity contribution in [3.63, 3.8) is 0 Å². The molecule has 0 spiro atoms. The summed E-state index contributed by atoms with van der Waals surface area (Å²) >= 11 is 1.52. The van der Waals surface area contributed by atoms with Crippen LogP contribution in [0.15, 0.2) is 23.6 Å². The van der Waals surface area contributed by atoms with Crippen LogP contribution in [0.3, 0.4) is 0 Å². The molecule has 5 heteroatoms. The van der Waals surface area contributed by atoms with Gasteiger partial charge in [0.15, 0.2) is 0 Å². The molecule has 1 aromatic carbocycles. The average molecular weight is 218 g/mol. The van der Waals surface area contributed by atoms with E-state index in [1.165, 1.54) is 17.4 Å². The molecular formula is C10H6N2O2S. The lowest BCUT2D eigenvalue weighted by molar-refractivity contribution is -0.385. The minimum atomic E-state index is -0.441. The Balaban J connectivity index is 2.76. The van der Waals surface area contributed by atoms with Crippen LogP contribution < -0.4 is 0 Å². The first kappa shape index (κ1) is 9.62. The molecule has 74 valence electrons. The SMILES string of the molecule is N#CCc1c([N+](=O)[O-])ccc2sccc12. The van der Waals surface area contributed by atoms with Crippen LogP contribution in [0.4, 0.5) is 5.69 Å². The molecule has 1 heterocycles. The number of hydrogen-bond donors (Lipinski definition) is 0. The highest BCUT2D eigenvalue weighted by Crippen LogP contribution is 2.31. The van der Waals surface area contributed by atoms with Gasteiger partial charge in [-0.15, -0.1) is 11.3 Å². The molecule has 0 atom stereocenters. The number of hydrogen-bond acceptors (Lipinski definition) is 4. The van der Waals surface area contributed by atoms with Crippen molar-refractivity contribution in [1.82, 2.24) is 0 Å². The summed E-state index contributed by atoms with van der Waals surface area (Å²) in [4.78, 5) is 10.3. The van der Waals surface area contributed by atoms with Gasteiger partial charge in [-0.1, -0.05) is 0 Å². The number of benzene rings is 1. The highest BCUT2D eigenvalue weighted by molar-refractivity contribution is 7.17. The summed E-state index contributed by atoms with van der Waals surface area (Å²) in [7, 11) is 0. The van der Waals surface area contributed by atoms with Crippen LogP contribution in [-0.2, 0) is 6.42 Å². The van der Waals surface area contributed by atoms with Crippen molar-refractivity contribution in [1.29, 1.82) is 5.26 Å². The maximum absolute atomic E-state index is 10.8. The van der Waals surface area contributed by atoms with Gasteiger partial charge in [-0.2, -0.15) is 5.26 Å². The van der Waals surface area contributed by atoms with E-state index in [0.29, 0.717) is 5.56 Å². The minimum absolute atomic E-state index is 0.0300. The van der Waals surface area contributed by atoms with E-state index in [2.05, 4.69) is 0 Å². The molecule has 15 heavy (non-hydrogen) atoms. The van der Waals surface area contributed by atoms with Gasteiger partial charge in [-0.05, 0) is 17.5 Å². The van der Waals surface area contributed by atoms with Gasteiger partial charge < -0.3 is 0 Å². The Labute approximate surface area is 89.5 Å². The summed E-state index contributed by atoms with van der Waals surface area (Å²) in [6, 6.07) is 6.97. The summed E-state index contributed by atoms with van der Waals surface area (Å²) in [6.07, 6.45) is 0.0738. The van der Waals surface area contributed by atoms with Gasteiger partial charge in [0.1, 0.15) is 0 Å². The Kier molecular flexibility index (Phi) is 2.35. The number of nitrogens with zero attached hydrogens (tertiary/aromatic N) is 2. The van der Waals surface area contributed by atoms with E-state index < -0.39 is 4.92 Å². The lowest BCUT2D eigenvalue weighted by Gasteiger charge is -1.99. The van der Waals surface area contributed by atoms with Crippen LogP contribution in [0.1, 0.15) is 5.56 Å². The van der Waals surface area contributed by atoms with Crippen molar-refractivity contribution in [2.45, 2.75) is 6.42 Å². The third kappa shape index (κ3) is 1.55. The molecule has 0 saturated heterocycles. The van der Waals surface area contributed by atoms with Crippen LogP contribution in [0.5, 0.6) is 0 Å². The summed E-state index contributed by atoms with van der Waals surface area (Å²) < 4.78 is 0.978. The smallest absolute Gasteiger partial charge is 0.258 e.